The first-order valence-electron chi connectivity index (χ1n) is 7.92. The lowest BCUT2D eigenvalue weighted by Gasteiger charge is -2.21. The highest BCUT2D eigenvalue weighted by molar-refractivity contribution is 5.94. The number of carboxylic acid groups (broad SMARTS) is 1. The van der Waals surface area contributed by atoms with E-state index in [1.165, 1.54) is 0 Å². The predicted molar refractivity (Wildman–Crippen MR) is 84.7 cm³/mol. The molecule has 1 heterocycles. The van der Waals surface area contributed by atoms with Gasteiger partial charge in [0, 0.05) is 24.2 Å². The van der Waals surface area contributed by atoms with Crippen LogP contribution in [0.1, 0.15) is 37.0 Å². The maximum Gasteiger partial charge on any atom is 0.253 e. The number of hydrogen-bond donors (Lipinski definition) is 0. The van der Waals surface area contributed by atoms with Gasteiger partial charge in [-0.2, -0.15) is 0 Å². The summed E-state index contributed by atoms with van der Waals surface area (Å²) in [6, 6.07) is 6.82. The number of aliphatic carboxylic acids is 1. The zero-order valence-corrected chi connectivity index (χ0v) is 13.8. The van der Waals surface area contributed by atoms with Gasteiger partial charge in [-0.1, -0.05) is 26.0 Å². The molecule has 2 aromatic rings. The van der Waals surface area contributed by atoms with Crippen molar-refractivity contribution in [3.63, 3.8) is 0 Å². The fraction of sp³-hybridized carbons (Fsp3) is 0.438. The molecule has 2 rings (SSSR count). The summed E-state index contributed by atoms with van der Waals surface area (Å²) in [6.07, 6.45) is 1.81. The molecule has 0 aliphatic heterocycles. The third-order valence-electron chi connectivity index (χ3n) is 3.48. The average molecular weight is 330 g/mol. The van der Waals surface area contributed by atoms with Crippen LogP contribution in [0.15, 0.2) is 24.3 Å². The number of benzene rings is 1. The molecule has 1 amide bonds. The molecule has 0 atom stereocenters. The van der Waals surface area contributed by atoms with Gasteiger partial charge in [0.25, 0.3) is 5.91 Å². The Morgan fingerprint density at radius 1 is 1.12 bits per heavy atom. The van der Waals surface area contributed by atoms with Crippen LogP contribution >= 0.6 is 0 Å². The van der Waals surface area contributed by atoms with E-state index >= 15 is 0 Å². The van der Waals surface area contributed by atoms with Crippen LogP contribution in [0.5, 0.6) is 0 Å². The Labute approximate surface area is 140 Å². The Bertz CT molecular complexity index is 690. The van der Waals surface area contributed by atoms with Gasteiger partial charge in [-0.05, 0) is 35.4 Å². The van der Waals surface area contributed by atoms with E-state index in [0.29, 0.717) is 17.0 Å². The summed E-state index contributed by atoms with van der Waals surface area (Å²) in [5.41, 5.74) is 1.22. The summed E-state index contributed by atoms with van der Waals surface area (Å²) in [6.45, 7) is 5.09. The Hall–Kier alpha value is -2.77. The molecule has 8 heteroatoms. The van der Waals surface area contributed by atoms with E-state index in [9.17, 15) is 14.7 Å². The molecule has 0 radical (unpaired) electrons. The van der Waals surface area contributed by atoms with E-state index < -0.39 is 12.5 Å². The topological polar surface area (TPSA) is 104 Å². The van der Waals surface area contributed by atoms with Crippen LogP contribution in [-0.4, -0.2) is 50.1 Å². The Morgan fingerprint density at radius 2 is 1.75 bits per heavy atom. The number of carbonyl (C=O) groups excluding carboxylic acids is 2. The van der Waals surface area contributed by atoms with Crippen molar-refractivity contribution < 1.29 is 14.7 Å². The van der Waals surface area contributed by atoms with Crippen LogP contribution in [0.3, 0.4) is 0 Å². The second-order valence-electron chi connectivity index (χ2n) is 5.40. The summed E-state index contributed by atoms with van der Waals surface area (Å²) in [4.78, 5) is 25.1. The van der Waals surface area contributed by atoms with Crippen LogP contribution in [0.2, 0.25) is 0 Å². The van der Waals surface area contributed by atoms with Gasteiger partial charge in [-0.3, -0.25) is 4.79 Å². The third kappa shape index (κ3) is 4.15. The van der Waals surface area contributed by atoms with Crippen molar-refractivity contribution in [3.05, 3.63) is 29.8 Å². The summed E-state index contributed by atoms with van der Waals surface area (Å²) in [7, 11) is 0. The number of carboxylic acids is 1. The maximum atomic E-state index is 12.5. The number of rotatable bonds is 8. The lowest BCUT2D eigenvalue weighted by Crippen LogP contribution is -2.32. The highest BCUT2D eigenvalue weighted by Crippen LogP contribution is 2.17. The van der Waals surface area contributed by atoms with E-state index in [-0.39, 0.29) is 5.91 Å². The fourth-order valence-electron chi connectivity index (χ4n) is 2.44. The van der Waals surface area contributed by atoms with Gasteiger partial charge >= 0.3 is 0 Å². The predicted octanol–water partition coefficient (Wildman–Crippen LogP) is 0.352. The van der Waals surface area contributed by atoms with E-state index in [1.807, 2.05) is 18.7 Å². The second kappa shape index (κ2) is 8.19. The maximum absolute atomic E-state index is 12.5. The Kier molecular flexibility index (Phi) is 6.00. The zero-order chi connectivity index (χ0) is 17.5. The first kappa shape index (κ1) is 17.6. The van der Waals surface area contributed by atoms with Gasteiger partial charge in [-0.25, -0.2) is 4.68 Å². The molecule has 0 N–H and O–H groups in total. The van der Waals surface area contributed by atoms with Gasteiger partial charge in [-0.15, -0.1) is 5.10 Å². The number of aromatic nitrogens is 4. The number of amides is 1. The Morgan fingerprint density at radius 3 is 2.29 bits per heavy atom. The fourth-order valence-corrected chi connectivity index (χ4v) is 2.44. The van der Waals surface area contributed by atoms with Gasteiger partial charge < -0.3 is 14.8 Å². The summed E-state index contributed by atoms with van der Waals surface area (Å²) in [5.74, 6) is -0.970. The van der Waals surface area contributed by atoms with Crippen molar-refractivity contribution in [1.29, 1.82) is 0 Å². The minimum atomic E-state index is -1.27. The molecule has 0 saturated carbocycles. The minimum Gasteiger partial charge on any atom is -0.548 e. The number of hydrogen-bond acceptors (Lipinski definition) is 6. The van der Waals surface area contributed by atoms with Crippen molar-refractivity contribution in [2.75, 3.05) is 13.1 Å². The SMILES string of the molecule is CCCN(CCC)C(=O)c1ccc(-c2nnnn2CC(=O)[O-])cc1. The standard InChI is InChI=1S/C16H21N5O3/c1-3-9-20(10-4-2)16(24)13-7-5-12(6-8-13)15-17-18-19-21(15)11-14(22)23/h5-8H,3-4,9-11H2,1-2H3,(H,22,23)/p-1. The van der Waals surface area contributed by atoms with E-state index in [1.54, 1.807) is 24.3 Å². The van der Waals surface area contributed by atoms with Crippen molar-refractivity contribution in [3.8, 4) is 11.4 Å². The first-order chi connectivity index (χ1) is 11.6. The highest BCUT2D eigenvalue weighted by Gasteiger charge is 2.15. The largest absolute Gasteiger partial charge is 0.548 e. The van der Waals surface area contributed by atoms with Crippen molar-refractivity contribution in [1.82, 2.24) is 25.1 Å². The molecule has 0 unspecified atom stereocenters. The van der Waals surface area contributed by atoms with Crippen molar-refractivity contribution in [2.24, 2.45) is 0 Å². The Balaban J connectivity index is 2.20. The monoisotopic (exact) mass is 330 g/mol. The van der Waals surface area contributed by atoms with Crippen LogP contribution < -0.4 is 5.11 Å². The third-order valence-corrected chi connectivity index (χ3v) is 3.48. The molecule has 0 saturated heterocycles. The molecular formula is C16H20N5O3-. The molecule has 1 aromatic heterocycles. The van der Waals surface area contributed by atoms with Crippen molar-refractivity contribution in [2.45, 2.75) is 33.2 Å². The van der Waals surface area contributed by atoms with Gasteiger partial charge in [0.05, 0.1) is 12.5 Å². The average Bonchev–Trinajstić information content (AvgIpc) is 3.01. The van der Waals surface area contributed by atoms with E-state index in [2.05, 4.69) is 15.5 Å². The molecule has 0 aliphatic carbocycles. The highest BCUT2D eigenvalue weighted by atomic mass is 16.4. The van der Waals surface area contributed by atoms with Crippen molar-refractivity contribution >= 4 is 11.9 Å². The molecule has 1 aromatic carbocycles. The number of tetrazole rings is 1. The molecule has 0 bridgehead atoms. The smallest absolute Gasteiger partial charge is 0.253 e. The lowest BCUT2D eigenvalue weighted by atomic mass is 10.1. The van der Waals surface area contributed by atoms with Gasteiger partial charge in [0.15, 0.2) is 5.82 Å². The molecule has 0 fully saturated rings. The molecule has 0 aliphatic rings. The quantitative estimate of drug-likeness (QED) is 0.692. The summed E-state index contributed by atoms with van der Waals surface area (Å²) >= 11 is 0. The zero-order valence-electron chi connectivity index (χ0n) is 13.8. The van der Waals surface area contributed by atoms with Crippen LogP contribution in [0, 0.1) is 0 Å². The van der Waals surface area contributed by atoms with Crippen LogP contribution in [0.25, 0.3) is 11.4 Å². The number of nitrogens with zero attached hydrogens (tertiary/aromatic N) is 5. The van der Waals surface area contributed by atoms with E-state index in [0.717, 1.165) is 30.6 Å². The molecule has 0 spiro atoms. The van der Waals surface area contributed by atoms with Gasteiger partial charge in [0.1, 0.15) is 0 Å². The molecule has 8 nitrogen and oxygen atoms in total. The molecular weight excluding hydrogens is 310 g/mol. The normalized spacial score (nSPS) is 10.6. The second-order valence-corrected chi connectivity index (χ2v) is 5.40. The van der Waals surface area contributed by atoms with Crippen LogP contribution in [0.4, 0.5) is 0 Å². The summed E-state index contributed by atoms with van der Waals surface area (Å²) < 4.78 is 1.15. The van der Waals surface area contributed by atoms with E-state index in [4.69, 9.17) is 0 Å². The van der Waals surface area contributed by atoms with Crippen LogP contribution in [-0.2, 0) is 11.3 Å². The first-order valence-corrected chi connectivity index (χ1v) is 7.92. The molecule has 24 heavy (non-hydrogen) atoms. The van der Waals surface area contributed by atoms with Gasteiger partial charge in [0.2, 0.25) is 0 Å². The minimum absolute atomic E-state index is 0.0143. The lowest BCUT2D eigenvalue weighted by molar-refractivity contribution is -0.306. The summed E-state index contributed by atoms with van der Waals surface area (Å²) in [5, 5.41) is 21.6. The number of carbonyl (C=O) groups is 2. The molecule has 128 valence electrons.